The predicted octanol–water partition coefficient (Wildman–Crippen LogP) is 3.07. The van der Waals surface area contributed by atoms with E-state index in [0.717, 1.165) is 45.1 Å². The molecule has 21 heavy (non-hydrogen) atoms. The molecule has 0 aromatic carbocycles. The number of rotatable bonds is 11. The maximum absolute atomic E-state index is 11.8. The molecule has 1 fully saturated rings. The number of aliphatic hydroxyl groups is 1. The lowest BCUT2D eigenvalue weighted by molar-refractivity contribution is -0.130. The number of carbonyl (C=O) groups excluding carboxylic acids is 2. The van der Waals surface area contributed by atoms with Crippen LogP contribution in [0.1, 0.15) is 77.6 Å². The van der Waals surface area contributed by atoms with Crippen LogP contribution in [-0.4, -0.2) is 40.9 Å². The Bertz CT molecular complexity index is 317. The Morgan fingerprint density at radius 1 is 0.952 bits per heavy atom. The van der Waals surface area contributed by atoms with E-state index in [2.05, 4.69) is 0 Å². The number of carbonyl (C=O) groups is 2. The Hall–Kier alpha value is -0.900. The van der Waals surface area contributed by atoms with Gasteiger partial charge in [-0.05, 0) is 26.2 Å². The van der Waals surface area contributed by atoms with Crippen molar-refractivity contribution in [3.63, 3.8) is 0 Å². The fourth-order valence-corrected chi connectivity index (χ4v) is 2.84. The first-order chi connectivity index (χ1) is 10.1. The minimum Gasteiger partial charge on any atom is -0.391 e. The van der Waals surface area contributed by atoms with Gasteiger partial charge in [0, 0.05) is 25.9 Å². The zero-order valence-electron chi connectivity index (χ0n) is 13.5. The van der Waals surface area contributed by atoms with Crippen LogP contribution in [0.5, 0.6) is 0 Å². The summed E-state index contributed by atoms with van der Waals surface area (Å²) in [7, 11) is 0. The Morgan fingerprint density at radius 3 is 1.95 bits per heavy atom. The lowest BCUT2D eigenvalue weighted by atomic mass is 10.1. The molecule has 1 N–H and O–H groups in total. The lowest BCUT2D eigenvalue weighted by Crippen LogP contribution is -2.29. The van der Waals surface area contributed by atoms with Crippen LogP contribution in [0.15, 0.2) is 0 Å². The third-order valence-electron chi connectivity index (χ3n) is 4.19. The van der Waals surface area contributed by atoms with Gasteiger partial charge in [0.2, 0.25) is 5.91 Å². The van der Waals surface area contributed by atoms with Crippen LogP contribution in [-0.2, 0) is 9.59 Å². The normalized spacial score (nSPS) is 18.2. The summed E-state index contributed by atoms with van der Waals surface area (Å²) in [6, 6.07) is 0. The second kappa shape index (κ2) is 10.8. The predicted molar refractivity (Wildman–Crippen MR) is 84.1 cm³/mol. The molecule has 0 radical (unpaired) electrons. The van der Waals surface area contributed by atoms with Gasteiger partial charge in [-0.2, -0.15) is 0 Å². The second-order valence-electron chi connectivity index (χ2n) is 6.31. The summed E-state index contributed by atoms with van der Waals surface area (Å²) in [6.45, 7) is 2.91. The van der Waals surface area contributed by atoms with Gasteiger partial charge in [0.15, 0.2) is 0 Å². The average molecular weight is 297 g/mol. The molecule has 1 atom stereocenters. The molecule has 0 saturated carbocycles. The molecule has 1 saturated heterocycles. The standard InChI is InChI=1S/C17H31NO3/c1-15(19)10-8-6-4-2-3-5-7-9-11-17(21)18-13-12-16(20)14-18/h16,20H,2-14H2,1H3/t16-/m1/s1. The molecule has 0 spiro atoms. The Kier molecular flexibility index (Phi) is 9.31. The van der Waals surface area contributed by atoms with Crippen LogP contribution in [0.2, 0.25) is 0 Å². The second-order valence-corrected chi connectivity index (χ2v) is 6.31. The minimum atomic E-state index is -0.308. The third kappa shape index (κ3) is 8.86. The van der Waals surface area contributed by atoms with Crippen LogP contribution in [0.25, 0.3) is 0 Å². The van der Waals surface area contributed by atoms with Crippen LogP contribution in [0, 0.1) is 0 Å². The summed E-state index contributed by atoms with van der Waals surface area (Å²) in [4.78, 5) is 24.4. The van der Waals surface area contributed by atoms with E-state index in [9.17, 15) is 14.7 Å². The first-order valence-electron chi connectivity index (χ1n) is 8.55. The van der Waals surface area contributed by atoms with Crippen LogP contribution in [0.4, 0.5) is 0 Å². The van der Waals surface area contributed by atoms with Crippen molar-refractivity contribution in [2.24, 2.45) is 0 Å². The van der Waals surface area contributed by atoms with Crippen molar-refractivity contribution in [2.45, 2.75) is 83.7 Å². The van der Waals surface area contributed by atoms with Gasteiger partial charge in [-0.1, -0.05) is 38.5 Å². The SMILES string of the molecule is CC(=O)CCCCCCCCCCC(=O)N1CC[C@@H](O)C1. The van der Waals surface area contributed by atoms with Crippen molar-refractivity contribution in [1.29, 1.82) is 0 Å². The van der Waals surface area contributed by atoms with Crippen molar-refractivity contribution in [1.82, 2.24) is 4.90 Å². The van der Waals surface area contributed by atoms with Crippen molar-refractivity contribution in [3.8, 4) is 0 Å². The van der Waals surface area contributed by atoms with Crippen LogP contribution < -0.4 is 0 Å². The van der Waals surface area contributed by atoms with E-state index in [1.54, 1.807) is 11.8 Å². The van der Waals surface area contributed by atoms with E-state index in [1.165, 1.54) is 25.7 Å². The summed E-state index contributed by atoms with van der Waals surface area (Å²) in [5, 5.41) is 9.40. The number of Topliss-reactive ketones (excluding diaryl/α,β-unsaturated/α-hetero) is 1. The summed E-state index contributed by atoms with van der Waals surface area (Å²) in [5.41, 5.74) is 0. The Morgan fingerprint density at radius 2 is 1.48 bits per heavy atom. The van der Waals surface area contributed by atoms with Crippen LogP contribution >= 0.6 is 0 Å². The molecule has 1 heterocycles. The summed E-state index contributed by atoms with van der Waals surface area (Å²) in [6.07, 6.45) is 11.0. The van der Waals surface area contributed by atoms with Crippen molar-refractivity contribution in [3.05, 3.63) is 0 Å². The molecule has 1 aliphatic rings. The third-order valence-corrected chi connectivity index (χ3v) is 4.19. The van der Waals surface area contributed by atoms with E-state index < -0.39 is 0 Å². The molecule has 0 bridgehead atoms. The fraction of sp³-hybridized carbons (Fsp3) is 0.882. The van der Waals surface area contributed by atoms with E-state index in [-0.39, 0.29) is 12.0 Å². The molecule has 0 unspecified atom stereocenters. The zero-order valence-corrected chi connectivity index (χ0v) is 13.5. The maximum atomic E-state index is 11.8. The molecule has 1 aliphatic heterocycles. The molecule has 4 nitrogen and oxygen atoms in total. The monoisotopic (exact) mass is 297 g/mol. The topological polar surface area (TPSA) is 57.6 Å². The van der Waals surface area contributed by atoms with E-state index >= 15 is 0 Å². The van der Waals surface area contributed by atoms with Gasteiger partial charge < -0.3 is 14.8 Å². The molecule has 1 rings (SSSR count). The van der Waals surface area contributed by atoms with Gasteiger partial charge >= 0.3 is 0 Å². The maximum Gasteiger partial charge on any atom is 0.222 e. The molecular weight excluding hydrogens is 266 g/mol. The van der Waals surface area contributed by atoms with Gasteiger partial charge in [-0.3, -0.25) is 4.79 Å². The van der Waals surface area contributed by atoms with Crippen LogP contribution in [0.3, 0.4) is 0 Å². The number of nitrogens with zero attached hydrogens (tertiary/aromatic N) is 1. The molecule has 0 aliphatic carbocycles. The quantitative estimate of drug-likeness (QED) is 0.596. The number of β-amino-alcohol motifs (C(OH)–C–C–N with tert-alkyl or cyclic N) is 1. The van der Waals surface area contributed by atoms with Crippen molar-refractivity contribution < 1.29 is 14.7 Å². The summed E-state index contributed by atoms with van der Waals surface area (Å²) >= 11 is 0. The number of aliphatic hydroxyl groups excluding tert-OH is 1. The minimum absolute atomic E-state index is 0.204. The van der Waals surface area contributed by atoms with Crippen molar-refractivity contribution >= 4 is 11.7 Å². The largest absolute Gasteiger partial charge is 0.391 e. The number of ketones is 1. The highest BCUT2D eigenvalue weighted by atomic mass is 16.3. The van der Waals surface area contributed by atoms with E-state index in [1.807, 2.05) is 0 Å². The Labute approximate surface area is 128 Å². The van der Waals surface area contributed by atoms with E-state index in [0.29, 0.717) is 18.7 Å². The highest BCUT2D eigenvalue weighted by Gasteiger charge is 2.23. The molecule has 4 heteroatoms. The molecular formula is C17H31NO3. The van der Waals surface area contributed by atoms with Crippen molar-refractivity contribution in [2.75, 3.05) is 13.1 Å². The molecule has 122 valence electrons. The average Bonchev–Trinajstić information content (AvgIpc) is 2.87. The smallest absolute Gasteiger partial charge is 0.222 e. The summed E-state index contributed by atoms with van der Waals surface area (Å²) in [5.74, 6) is 0.501. The van der Waals surface area contributed by atoms with Gasteiger partial charge in [0.25, 0.3) is 0 Å². The van der Waals surface area contributed by atoms with Gasteiger partial charge in [-0.25, -0.2) is 0 Å². The van der Waals surface area contributed by atoms with Gasteiger partial charge in [-0.15, -0.1) is 0 Å². The fourth-order valence-electron chi connectivity index (χ4n) is 2.84. The van der Waals surface area contributed by atoms with E-state index in [4.69, 9.17) is 0 Å². The number of unbranched alkanes of at least 4 members (excludes halogenated alkanes) is 7. The first kappa shape index (κ1) is 18.1. The first-order valence-corrected chi connectivity index (χ1v) is 8.55. The summed E-state index contributed by atoms with van der Waals surface area (Å²) < 4.78 is 0. The number of likely N-dealkylation sites (tertiary alicyclic amines) is 1. The molecule has 0 aromatic rings. The molecule has 1 amide bonds. The van der Waals surface area contributed by atoms with Gasteiger partial charge in [0.1, 0.15) is 5.78 Å². The number of hydrogen-bond acceptors (Lipinski definition) is 3. The highest BCUT2D eigenvalue weighted by molar-refractivity contribution is 5.76. The molecule has 0 aromatic heterocycles. The number of amides is 1. The Balaban J connectivity index is 1.84. The highest BCUT2D eigenvalue weighted by Crippen LogP contribution is 2.14. The zero-order chi connectivity index (χ0) is 15.5. The number of hydrogen-bond donors (Lipinski definition) is 1. The van der Waals surface area contributed by atoms with Gasteiger partial charge in [0.05, 0.1) is 6.10 Å². The lowest BCUT2D eigenvalue weighted by Gasteiger charge is -2.15.